The minimum atomic E-state index is -4.49. The van der Waals surface area contributed by atoms with Crippen molar-refractivity contribution in [3.8, 4) is 5.88 Å². The lowest BCUT2D eigenvalue weighted by Gasteiger charge is -2.25. The monoisotopic (exact) mass is 632 g/mol. The van der Waals surface area contributed by atoms with Crippen LogP contribution in [0.2, 0.25) is 0 Å². The quantitative estimate of drug-likeness (QED) is 0.102. The van der Waals surface area contributed by atoms with E-state index >= 15 is 0 Å². The summed E-state index contributed by atoms with van der Waals surface area (Å²) in [6.07, 6.45) is 6.52. The van der Waals surface area contributed by atoms with E-state index in [1.54, 1.807) is 60.7 Å². The summed E-state index contributed by atoms with van der Waals surface area (Å²) in [4.78, 5) is 18.8. The lowest BCUT2D eigenvalue weighted by Crippen LogP contribution is -2.34. The standard InChI is InChI=1S/C36H36F4N4O2/c37-34-28-21-26(12-14-30(28)42-43-34)33(29(22-36(38,39)40)25-9-3-1-4-10-25)27-13-15-31(41-23-27)46-24-35(17-18-35)16-6-5-11-32(45)44-19-7-2-8-20-44/h1,3-5,9-15,21,23H,2,6-8,16-20,22,24H2,(H,42,43)/b11-5+,33-29-. The maximum Gasteiger partial charge on any atom is 0.393 e. The normalized spacial score (nSPS) is 16.9. The maximum atomic E-state index is 14.5. The van der Waals surface area contributed by atoms with E-state index in [9.17, 15) is 22.4 Å². The number of carbonyl (C=O) groups is 1. The predicted octanol–water partition coefficient (Wildman–Crippen LogP) is 8.52. The highest BCUT2D eigenvalue weighted by molar-refractivity contribution is 6.00. The smallest absolute Gasteiger partial charge is 0.393 e. The number of pyridine rings is 1. The summed E-state index contributed by atoms with van der Waals surface area (Å²) in [6.45, 7) is 2.13. The number of hydrogen-bond acceptors (Lipinski definition) is 4. The van der Waals surface area contributed by atoms with Crippen molar-refractivity contribution in [1.29, 1.82) is 0 Å². The van der Waals surface area contributed by atoms with E-state index in [2.05, 4.69) is 15.2 Å². The van der Waals surface area contributed by atoms with Gasteiger partial charge in [-0.3, -0.25) is 9.89 Å². The molecule has 2 aromatic carbocycles. The molecule has 1 amide bonds. The van der Waals surface area contributed by atoms with E-state index in [-0.39, 0.29) is 22.3 Å². The van der Waals surface area contributed by atoms with Gasteiger partial charge in [-0.1, -0.05) is 42.5 Å². The van der Waals surface area contributed by atoms with E-state index in [1.165, 1.54) is 18.7 Å². The molecule has 10 heteroatoms. The molecule has 1 aliphatic carbocycles. The highest BCUT2D eigenvalue weighted by atomic mass is 19.4. The van der Waals surface area contributed by atoms with Gasteiger partial charge in [-0.05, 0) is 91.5 Å². The number of piperidine rings is 1. The van der Waals surface area contributed by atoms with Gasteiger partial charge in [0.05, 0.1) is 23.9 Å². The second-order valence-corrected chi connectivity index (χ2v) is 12.3. The number of likely N-dealkylation sites (tertiary alicyclic amines) is 1. The summed E-state index contributed by atoms with van der Waals surface area (Å²) >= 11 is 0. The Labute approximate surface area is 265 Å². The molecule has 240 valence electrons. The highest BCUT2D eigenvalue weighted by Gasteiger charge is 2.42. The Bertz CT molecular complexity index is 1720. The average Bonchev–Trinajstić information content (AvgIpc) is 3.75. The molecule has 1 N–H and O–H groups in total. The van der Waals surface area contributed by atoms with Crippen LogP contribution in [0.4, 0.5) is 17.6 Å². The van der Waals surface area contributed by atoms with Gasteiger partial charge in [0.25, 0.3) is 0 Å². The van der Waals surface area contributed by atoms with Crippen molar-refractivity contribution < 1.29 is 27.1 Å². The number of nitrogens with zero attached hydrogens (tertiary/aromatic N) is 3. The minimum Gasteiger partial charge on any atom is -0.477 e. The average molecular weight is 633 g/mol. The maximum absolute atomic E-state index is 14.5. The van der Waals surface area contributed by atoms with Crippen LogP contribution in [0, 0.1) is 11.4 Å². The van der Waals surface area contributed by atoms with Crippen molar-refractivity contribution in [3.63, 3.8) is 0 Å². The molecule has 0 spiro atoms. The van der Waals surface area contributed by atoms with Gasteiger partial charge in [-0.2, -0.15) is 22.7 Å². The Balaban J connectivity index is 1.21. The van der Waals surface area contributed by atoms with E-state index in [0.29, 0.717) is 40.3 Å². The number of benzene rings is 2. The van der Waals surface area contributed by atoms with Crippen molar-refractivity contribution >= 4 is 28.0 Å². The molecule has 6 rings (SSSR count). The molecule has 2 fully saturated rings. The van der Waals surface area contributed by atoms with E-state index in [0.717, 1.165) is 51.6 Å². The number of hydrogen-bond donors (Lipinski definition) is 1. The summed E-state index contributed by atoms with van der Waals surface area (Å²) in [7, 11) is 0. The van der Waals surface area contributed by atoms with Crippen molar-refractivity contribution in [2.45, 2.75) is 57.5 Å². The van der Waals surface area contributed by atoms with Crippen molar-refractivity contribution in [2.75, 3.05) is 19.7 Å². The van der Waals surface area contributed by atoms with Crippen LogP contribution >= 0.6 is 0 Å². The number of fused-ring (bicyclic) bond motifs is 1. The number of alkyl halides is 3. The number of carbonyl (C=O) groups excluding carboxylic acids is 1. The summed E-state index contributed by atoms with van der Waals surface area (Å²) in [5, 5.41) is 6.39. The molecule has 46 heavy (non-hydrogen) atoms. The Kier molecular flexibility index (Phi) is 9.24. The molecule has 4 aromatic rings. The lowest BCUT2D eigenvalue weighted by molar-refractivity contribution is -0.127. The molecule has 0 bridgehead atoms. The van der Waals surface area contributed by atoms with Gasteiger partial charge >= 0.3 is 6.18 Å². The fourth-order valence-electron chi connectivity index (χ4n) is 6.10. The van der Waals surface area contributed by atoms with Gasteiger partial charge < -0.3 is 9.64 Å². The molecule has 1 saturated heterocycles. The van der Waals surface area contributed by atoms with Gasteiger partial charge in [0.1, 0.15) is 0 Å². The molecule has 3 heterocycles. The molecule has 6 nitrogen and oxygen atoms in total. The molecule has 2 aliphatic rings. The molecule has 2 aromatic heterocycles. The molecule has 1 saturated carbocycles. The third-order valence-corrected chi connectivity index (χ3v) is 8.88. The Morgan fingerprint density at radius 1 is 0.978 bits per heavy atom. The van der Waals surface area contributed by atoms with Crippen molar-refractivity contribution in [2.24, 2.45) is 5.41 Å². The van der Waals surface area contributed by atoms with Crippen LogP contribution in [0.3, 0.4) is 0 Å². The minimum absolute atomic E-state index is 0.0290. The summed E-state index contributed by atoms with van der Waals surface area (Å²) in [6, 6.07) is 16.5. The Morgan fingerprint density at radius 2 is 1.74 bits per heavy atom. The van der Waals surface area contributed by atoms with Crippen molar-refractivity contribution in [3.05, 3.63) is 102 Å². The number of amides is 1. The fourth-order valence-corrected chi connectivity index (χ4v) is 6.10. The SMILES string of the molecule is O=C(/C=C/CCC1(COc2ccc(/C(=C(/CC(F)(F)F)c3ccccc3)c3ccc4n[nH]c(F)c4c3)cn2)CC1)N1CCCCC1. The first-order valence-corrected chi connectivity index (χ1v) is 15.7. The van der Waals surface area contributed by atoms with Gasteiger partial charge in [0, 0.05) is 36.3 Å². The van der Waals surface area contributed by atoms with Crippen molar-refractivity contribution in [1.82, 2.24) is 20.1 Å². The topological polar surface area (TPSA) is 71.1 Å². The first-order valence-electron chi connectivity index (χ1n) is 15.7. The van der Waals surface area contributed by atoms with Crippen LogP contribution in [0.25, 0.3) is 22.0 Å². The molecule has 0 radical (unpaired) electrons. The molecule has 0 atom stereocenters. The number of rotatable bonds is 11. The van der Waals surface area contributed by atoms with Crippen LogP contribution in [-0.4, -0.2) is 51.9 Å². The fraction of sp³-hybridized carbons (Fsp3) is 0.361. The first kappa shape index (κ1) is 31.5. The number of H-pyrrole nitrogens is 1. The van der Waals surface area contributed by atoms with E-state index in [4.69, 9.17) is 4.74 Å². The van der Waals surface area contributed by atoms with Crippen LogP contribution < -0.4 is 4.74 Å². The second-order valence-electron chi connectivity index (χ2n) is 12.3. The zero-order chi connectivity index (χ0) is 32.1. The number of ether oxygens (including phenoxy) is 1. The largest absolute Gasteiger partial charge is 0.477 e. The van der Waals surface area contributed by atoms with Crippen LogP contribution in [0.1, 0.15) is 68.1 Å². The summed E-state index contributed by atoms with van der Waals surface area (Å²) in [5.41, 5.74) is 2.02. The first-order chi connectivity index (χ1) is 22.2. The zero-order valence-electron chi connectivity index (χ0n) is 25.5. The van der Waals surface area contributed by atoms with Gasteiger partial charge in [0.15, 0.2) is 0 Å². The van der Waals surface area contributed by atoms with Gasteiger partial charge in [-0.25, -0.2) is 4.98 Å². The third kappa shape index (κ3) is 7.66. The number of aromatic nitrogens is 3. The second kappa shape index (κ2) is 13.5. The van der Waals surface area contributed by atoms with Crippen LogP contribution in [0.5, 0.6) is 5.88 Å². The molecular formula is C36H36F4N4O2. The lowest BCUT2D eigenvalue weighted by atomic mass is 9.88. The van der Waals surface area contributed by atoms with Gasteiger partial charge in [-0.15, -0.1) is 0 Å². The van der Waals surface area contributed by atoms with Gasteiger partial charge in [0.2, 0.25) is 17.7 Å². The summed E-state index contributed by atoms with van der Waals surface area (Å²) < 4.78 is 62.5. The van der Waals surface area contributed by atoms with E-state index < -0.39 is 18.5 Å². The highest BCUT2D eigenvalue weighted by Crippen LogP contribution is 2.50. The van der Waals surface area contributed by atoms with Crippen LogP contribution in [-0.2, 0) is 4.79 Å². The Hall–Kier alpha value is -4.47. The summed E-state index contributed by atoms with van der Waals surface area (Å²) in [5.74, 6) is -0.203. The number of nitrogens with one attached hydrogen (secondary N) is 1. The zero-order valence-corrected chi connectivity index (χ0v) is 25.5. The molecule has 0 unspecified atom stereocenters. The number of halogens is 4. The van der Waals surface area contributed by atoms with E-state index in [1.807, 2.05) is 11.0 Å². The number of allylic oxidation sites excluding steroid dienone is 2. The predicted molar refractivity (Wildman–Crippen MR) is 169 cm³/mol. The molecular weight excluding hydrogens is 596 g/mol. The third-order valence-electron chi connectivity index (χ3n) is 8.88. The Morgan fingerprint density at radius 3 is 2.43 bits per heavy atom. The number of aromatic amines is 1. The molecule has 1 aliphatic heterocycles. The van der Waals surface area contributed by atoms with Crippen LogP contribution in [0.15, 0.2) is 79.0 Å².